The average Bonchev–Trinajstić information content (AvgIpc) is 2.58. The number of hydrogen-bond donors (Lipinski definition) is 3. The summed E-state index contributed by atoms with van der Waals surface area (Å²) in [7, 11) is 0. The lowest BCUT2D eigenvalue weighted by Crippen LogP contribution is -2.45. The summed E-state index contributed by atoms with van der Waals surface area (Å²) in [5.41, 5.74) is 2.17. The molecular formula is C18H14BrCl2N3O2. The van der Waals surface area contributed by atoms with Gasteiger partial charge in [-0.15, -0.1) is 0 Å². The van der Waals surface area contributed by atoms with Gasteiger partial charge >= 0.3 is 6.03 Å². The van der Waals surface area contributed by atoms with Crippen LogP contribution in [-0.2, 0) is 4.79 Å². The third-order valence-electron chi connectivity index (χ3n) is 3.89. The molecular weight excluding hydrogens is 441 g/mol. The van der Waals surface area contributed by atoms with Crippen molar-refractivity contribution in [2.24, 2.45) is 0 Å². The van der Waals surface area contributed by atoms with Crippen molar-refractivity contribution in [1.82, 2.24) is 10.6 Å². The molecule has 3 N–H and O–H groups in total. The number of carbonyl (C=O) groups excluding carboxylic acids is 2. The van der Waals surface area contributed by atoms with Gasteiger partial charge in [0.25, 0.3) is 5.91 Å². The van der Waals surface area contributed by atoms with E-state index in [1.165, 1.54) is 0 Å². The molecule has 3 rings (SSSR count). The highest BCUT2D eigenvalue weighted by molar-refractivity contribution is 9.10. The quantitative estimate of drug-likeness (QED) is 0.609. The molecule has 0 unspecified atom stereocenters. The molecule has 0 saturated carbocycles. The van der Waals surface area contributed by atoms with Gasteiger partial charge in [-0.2, -0.15) is 0 Å². The van der Waals surface area contributed by atoms with E-state index >= 15 is 0 Å². The Labute approximate surface area is 168 Å². The fourth-order valence-corrected chi connectivity index (χ4v) is 3.24. The van der Waals surface area contributed by atoms with Crippen LogP contribution in [0.4, 0.5) is 10.5 Å². The van der Waals surface area contributed by atoms with Gasteiger partial charge in [-0.3, -0.25) is 4.79 Å². The Bertz CT molecular complexity index is 913. The normalized spacial score (nSPS) is 16.8. The predicted octanol–water partition coefficient (Wildman–Crippen LogP) is 5.02. The Morgan fingerprint density at radius 3 is 2.46 bits per heavy atom. The number of benzene rings is 2. The highest BCUT2D eigenvalue weighted by Gasteiger charge is 2.31. The molecule has 3 amide bonds. The number of carbonyl (C=O) groups is 2. The van der Waals surface area contributed by atoms with E-state index in [1.54, 1.807) is 37.3 Å². The predicted molar refractivity (Wildman–Crippen MR) is 106 cm³/mol. The van der Waals surface area contributed by atoms with E-state index in [9.17, 15) is 9.59 Å². The SMILES string of the molecule is CC1=C(C(=O)Nc2ccc(Br)cc2)[C@H](c2ccc(Cl)c(Cl)c2)NC(=O)N1. The van der Waals surface area contributed by atoms with Crippen LogP contribution in [0.3, 0.4) is 0 Å². The van der Waals surface area contributed by atoms with E-state index < -0.39 is 12.1 Å². The summed E-state index contributed by atoms with van der Waals surface area (Å²) in [6.45, 7) is 1.68. The van der Waals surface area contributed by atoms with E-state index in [4.69, 9.17) is 23.2 Å². The zero-order valence-electron chi connectivity index (χ0n) is 13.6. The number of halogens is 3. The molecule has 0 aromatic heterocycles. The van der Waals surface area contributed by atoms with E-state index in [0.29, 0.717) is 32.6 Å². The second-order valence-corrected chi connectivity index (χ2v) is 7.43. The number of amides is 3. The van der Waals surface area contributed by atoms with Crippen LogP contribution in [-0.4, -0.2) is 11.9 Å². The number of hydrogen-bond acceptors (Lipinski definition) is 2. The minimum atomic E-state index is -0.644. The summed E-state index contributed by atoms with van der Waals surface area (Å²) in [6.07, 6.45) is 0. The minimum Gasteiger partial charge on any atom is -0.327 e. The van der Waals surface area contributed by atoms with E-state index in [1.807, 2.05) is 12.1 Å². The first kappa shape index (κ1) is 18.8. The second kappa shape index (κ2) is 7.70. The summed E-state index contributed by atoms with van der Waals surface area (Å²) in [6, 6.07) is 11.2. The average molecular weight is 455 g/mol. The zero-order chi connectivity index (χ0) is 18.8. The molecule has 1 heterocycles. The van der Waals surface area contributed by atoms with Gasteiger partial charge in [-0.25, -0.2) is 4.79 Å². The first-order valence-electron chi connectivity index (χ1n) is 7.65. The Balaban J connectivity index is 1.95. The van der Waals surface area contributed by atoms with Crippen LogP contribution >= 0.6 is 39.1 Å². The summed E-state index contributed by atoms with van der Waals surface area (Å²) in [5, 5.41) is 8.98. The second-order valence-electron chi connectivity index (χ2n) is 5.70. The van der Waals surface area contributed by atoms with Gasteiger partial charge in [0.15, 0.2) is 0 Å². The van der Waals surface area contributed by atoms with Gasteiger partial charge in [0.2, 0.25) is 0 Å². The van der Waals surface area contributed by atoms with E-state index in [0.717, 1.165) is 4.47 Å². The Kier molecular flexibility index (Phi) is 5.55. The largest absolute Gasteiger partial charge is 0.327 e. The number of urea groups is 1. The number of anilines is 1. The maximum atomic E-state index is 12.9. The third kappa shape index (κ3) is 4.03. The number of allylic oxidation sites excluding steroid dienone is 1. The van der Waals surface area contributed by atoms with Crippen LogP contribution in [0.2, 0.25) is 10.0 Å². The molecule has 5 nitrogen and oxygen atoms in total. The number of rotatable bonds is 3. The molecule has 1 aliphatic heterocycles. The standard InChI is InChI=1S/C18H14BrCl2N3O2/c1-9-15(17(25)23-12-5-3-11(19)4-6-12)16(24-18(26)22-9)10-2-7-13(20)14(21)8-10/h2-8,16H,1H3,(H,23,25)(H2,22,24,26)/t16-/m0/s1. The lowest BCUT2D eigenvalue weighted by atomic mass is 9.95. The Hall–Kier alpha value is -2.02. The van der Waals surface area contributed by atoms with Crippen LogP contribution in [0.25, 0.3) is 0 Å². The summed E-state index contributed by atoms with van der Waals surface area (Å²) in [4.78, 5) is 24.8. The third-order valence-corrected chi connectivity index (χ3v) is 5.16. The smallest absolute Gasteiger partial charge is 0.319 e. The van der Waals surface area contributed by atoms with Crippen molar-refractivity contribution in [3.05, 3.63) is 73.8 Å². The zero-order valence-corrected chi connectivity index (χ0v) is 16.7. The van der Waals surface area contributed by atoms with Crippen molar-refractivity contribution in [3.63, 3.8) is 0 Å². The highest BCUT2D eigenvalue weighted by Crippen LogP contribution is 2.32. The Morgan fingerprint density at radius 2 is 1.81 bits per heavy atom. The lowest BCUT2D eigenvalue weighted by Gasteiger charge is -2.29. The van der Waals surface area contributed by atoms with Crippen molar-refractivity contribution < 1.29 is 9.59 Å². The topological polar surface area (TPSA) is 70.2 Å². The molecule has 0 fully saturated rings. The van der Waals surface area contributed by atoms with Gasteiger partial charge in [-0.1, -0.05) is 45.2 Å². The maximum Gasteiger partial charge on any atom is 0.319 e. The first-order chi connectivity index (χ1) is 12.3. The van der Waals surface area contributed by atoms with Crippen LogP contribution in [0.15, 0.2) is 58.2 Å². The monoisotopic (exact) mass is 453 g/mol. The minimum absolute atomic E-state index is 0.326. The maximum absolute atomic E-state index is 12.9. The first-order valence-corrected chi connectivity index (χ1v) is 9.20. The van der Waals surface area contributed by atoms with Gasteiger partial charge < -0.3 is 16.0 Å². The van der Waals surface area contributed by atoms with Gasteiger partial charge in [-0.05, 0) is 48.9 Å². The molecule has 0 aliphatic carbocycles. The van der Waals surface area contributed by atoms with Crippen molar-refractivity contribution in [1.29, 1.82) is 0 Å². The fourth-order valence-electron chi connectivity index (χ4n) is 2.67. The molecule has 1 aliphatic rings. The number of nitrogens with one attached hydrogen (secondary N) is 3. The van der Waals surface area contributed by atoms with E-state index in [2.05, 4.69) is 31.9 Å². The van der Waals surface area contributed by atoms with Gasteiger partial charge in [0, 0.05) is 15.9 Å². The lowest BCUT2D eigenvalue weighted by molar-refractivity contribution is -0.113. The van der Waals surface area contributed by atoms with Gasteiger partial charge in [0.05, 0.1) is 21.7 Å². The molecule has 0 saturated heterocycles. The Morgan fingerprint density at radius 1 is 1.12 bits per heavy atom. The van der Waals surface area contributed by atoms with Crippen LogP contribution in [0.5, 0.6) is 0 Å². The van der Waals surface area contributed by atoms with Crippen molar-refractivity contribution >= 4 is 56.8 Å². The molecule has 0 bridgehead atoms. The van der Waals surface area contributed by atoms with Crippen molar-refractivity contribution in [2.45, 2.75) is 13.0 Å². The fraction of sp³-hybridized carbons (Fsp3) is 0.111. The molecule has 2 aromatic rings. The molecule has 26 heavy (non-hydrogen) atoms. The summed E-state index contributed by atoms with van der Waals surface area (Å²) >= 11 is 15.4. The van der Waals surface area contributed by atoms with E-state index in [-0.39, 0.29) is 5.91 Å². The van der Waals surface area contributed by atoms with Crippen LogP contribution in [0, 0.1) is 0 Å². The molecule has 2 aromatic carbocycles. The molecule has 134 valence electrons. The van der Waals surface area contributed by atoms with Crippen molar-refractivity contribution in [3.8, 4) is 0 Å². The molecule has 0 radical (unpaired) electrons. The van der Waals surface area contributed by atoms with Gasteiger partial charge in [0.1, 0.15) is 0 Å². The molecule has 1 atom stereocenters. The summed E-state index contributed by atoms with van der Waals surface area (Å²) in [5.74, 6) is -0.326. The molecule has 8 heteroatoms. The molecule has 0 spiro atoms. The van der Waals surface area contributed by atoms with Crippen LogP contribution in [0.1, 0.15) is 18.5 Å². The van der Waals surface area contributed by atoms with Crippen LogP contribution < -0.4 is 16.0 Å². The van der Waals surface area contributed by atoms with Crippen molar-refractivity contribution in [2.75, 3.05) is 5.32 Å². The summed E-state index contributed by atoms with van der Waals surface area (Å²) < 4.78 is 0.908. The highest BCUT2D eigenvalue weighted by atomic mass is 79.9.